The van der Waals surface area contributed by atoms with Crippen LogP contribution in [0.2, 0.25) is 0 Å². The highest BCUT2D eigenvalue weighted by molar-refractivity contribution is 6.50. The third kappa shape index (κ3) is 2.80. The van der Waals surface area contributed by atoms with E-state index in [0.717, 1.165) is 0 Å². The average Bonchev–Trinajstić information content (AvgIpc) is 1.67. The van der Waals surface area contributed by atoms with E-state index in [0.29, 0.717) is 0 Å². The molecule has 0 aromatic heterocycles. The third-order valence-electron chi connectivity index (χ3n) is 1.30. The predicted molar refractivity (Wildman–Crippen MR) is 42.8 cm³/mol. The SMILES string of the molecule is C=C[SiH2]C(C)=C(C)C. The summed E-state index contributed by atoms with van der Waals surface area (Å²) in [5, 5.41) is 1.57. The van der Waals surface area contributed by atoms with Gasteiger partial charge in [-0.1, -0.05) is 10.8 Å². The van der Waals surface area contributed by atoms with Crippen molar-refractivity contribution >= 4 is 9.52 Å². The Morgan fingerprint density at radius 1 is 1.38 bits per heavy atom. The topological polar surface area (TPSA) is 0 Å². The molecule has 0 radical (unpaired) electrons. The van der Waals surface area contributed by atoms with Gasteiger partial charge in [-0.3, -0.25) is 0 Å². The summed E-state index contributed by atoms with van der Waals surface area (Å²) in [4.78, 5) is 0. The fourth-order valence-corrected chi connectivity index (χ4v) is 1.26. The van der Waals surface area contributed by atoms with Crippen molar-refractivity contribution in [3.63, 3.8) is 0 Å². The highest BCUT2D eigenvalue weighted by Crippen LogP contribution is 1.98. The van der Waals surface area contributed by atoms with E-state index in [-0.39, 0.29) is 9.52 Å². The summed E-state index contributed by atoms with van der Waals surface area (Å²) in [7, 11) is -0.0579. The Morgan fingerprint density at radius 2 is 1.88 bits per heavy atom. The molecule has 0 saturated heterocycles. The molecule has 0 N–H and O–H groups in total. The molecule has 0 aliphatic carbocycles. The predicted octanol–water partition coefficient (Wildman–Crippen LogP) is 1.61. The summed E-state index contributed by atoms with van der Waals surface area (Å²) in [6.07, 6.45) is 0. The first-order chi connectivity index (χ1) is 3.68. The standard InChI is InChI=1S/C7H14Si/c1-5-8-7(4)6(2)3/h5H,1,8H2,2-4H3. The van der Waals surface area contributed by atoms with E-state index in [1.165, 1.54) is 5.57 Å². The van der Waals surface area contributed by atoms with E-state index in [4.69, 9.17) is 0 Å². The van der Waals surface area contributed by atoms with Crippen molar-refractivity contribution in [3.8, 4) is 0 Å². The summed E-state index contributed by atoms with van der Waals surface area (Å²) in [6.45, 7) is 10.2. The fourth-order valence-electron chi connectivity index (χ4n) is 0.421. The molecule has 46 valence electrons. The van der Waals surface area contributed by atoms with Crippen LogP contribution < -0.4 is 0 Å². The Morgan fingerprint density at radius 3 is 2.00 bits per heavy atom. The lowest BCUT2D eigenvalue weighted by Gasteiger charge is -1.95. The van der Waals surface area contributed by atoms with E-state index < -0.39 is 0 Å². The van der Waals surface area contributed by atoms with Crippen molar-refractivity contribution in [2.24, 2.45) is 0 Å². The number of rotatable bonds is 2. The molecular formula is C7H14Si. The summed E-state index contributed by atoms with van der Waals surface area (Å²) in [6, 6.07) is 0. The van der Waals surface area contributed by atoms with Crippen LogP contribution in [-0.4, -0.2) is 9.52 Å². The molecule has 1 heteroatoms. The molecule has 8 heavy (non-hydrogen) atoms. The summed E-state index contributed by atoms with van der Waals surface area (Å²) < 4.78 is 0. The van der Waals surface area contributed by atoms with Gasteiger partial charge in [-0.2, -0.15) is 0 Å². The van der Waals surface area contributed by atoms with E-state index in [9.17, 15) is 0 Å². The molecule has 0 atom stereocenters. The van der Waals surface area contributed by atoms with Crippen molar-refractivity contribution in [2.45, 2.75) is 20.8 Å². The smallest absolute Gasteiger partial charge is 0.0720 e. The third-order valence-corrected chi connectivity index (χ3v) is 2.91. The second-order valence-corrected chi connectivity index (χ2v) is 4.32. The molecular weight excluding hydrogens is 112 g/mol. The van der Waals surface area contributed by atoms with Gasteiger partial charge in [-0.05, 0) is 20.8 Å². The van der Waals surface area contributed by atoms with E-state index >= 15 is 0 Å². The Bertz CT molecular complexity index is 108. The van der Waals surface area contributed by atoms with Crippen molar-refractivity contribution in [2.75, 3.05) is 0 Å². The van der Waals surface area contributed by atoms with Gasteiger partial charge in [-0.15, -0.1) is 12.3 Å². The summed E-state index contributed by atoms with van der Waals surface area (Å²) in [5.74, 6) is 0. The highest BCUT2D eigenvalue weighted by atomic mass is 28.2. The quantitative estimate of drug-likeness (QED) is 0.493. The lowest BCUT2D eigenvalue weighted by atomic mass is 10.3. The van der Waals surface area contributed by atoms with Crippen molar-refractivity contribution in [1.82, 2.24) is 0 Å². The molecule has 0 unspecified atom stereocenters. The van der Waals surface area contributed by atoms with Crippen molar-refractivity contribution < 1.29 is 0 Å². The molecule has 0 fully saturated rings. The Hall–Kier alpha value is -0.303. The van der Waals surface area contributed by atoms with E-state index in [1.807, 2.05) is 0 Å². The van der Waals surface area contributed by atoms with Gasteiger partial charge in [-0.25, -0.2) is 0 Å². The second kappa shape index (κ2) is 3.67. The largest absolute Gasteiger partial charge is 0.107 e. The van der Waals surface area contributed by atoms with Crippen LogP contribution in [0.4, 0.5) is 0 Å². The van der Waals surface area contributed by atoms with Crippen LogP contribution in [0.3, 0.4) is 0 Å². The molecule has 0 amide bonds. The van der Waals surface area contributed by atoms with Gasteiger partial charge in [0, 0.05) is 0 Å². The first kappa shape index (κ1) is 7.70. The van der Waals surface area contributed by atoms with Gasteiger partial charge >= 0.3 is 0 Å². The zero-order valence-electron chi connectivity index (χ0n) is 5.99. The number of hydrogen-bond acceptors (Lipinski definition) is 0. The second-order valence-electron chi connectivity index (χ2n) is 2.27. The van der Waals surface area contributed by atoms with E-state index in [1.54, 1.807) is 5.20 Å². The maximum atomic E-state index is 3.71. The lowest BCUT2D eigenvalue weighted by Crippen LogP contribution is -1.88. The average molecular weight is 126 g/mol. The Kier molecular flexibility index (Phi) is 3.53. The van der Waals surface area contributed by atoms with Gasteiger partial charge < -0.3 is 0 Å². The van der Waals surface area contributed by atoms with Gasteiger partial charge in [0.25, 0.3) is 0 Å². The van der Waals surface area contributed by atoms with Gasteiger partial charge in [0.15, 0.2) is 0 Å². The van der Waals surface area contributed by atoms with Crippen molar-refractivity contribution in [1.29, 1.82) is 0 Å². The zero-order valence-corrected chi connectivity index (χ0v) is 7.41. The normalized spacial score (nSPS) is 9.88. The minimum absolute atomic E-state index is 0.0579. The van der Waals surface area contributed by atoms with Crippen LogP contribution in [-0.2, 0) is 0 Å². The number of allylic oxidation sites excluding steroid dienone is 2. The van der Waals surface area contributed by atoms with Gasteiger partial charge in [0.05, 0.1) is 9.52 Å². The maximum absolute atomic E-state index is 3.71. The first-order valence-electron chi connectivity index (χ1n) is 2.92. The summed E-state index contributed by atoms with van der Waals surface area (Å²) >= 11 is 0. The van der Waals surface area contributed by atoms with Gasteiger partial charge in [0.1, 0.15) is 0 Å². The molecule has 0 aromatic rings. The zero-order chi connectivity index (χ0) is 6.57. The molecule has 0 aliphatic rings. The monoisotopic (exact) mass is 126 g/mol. The number of hydrogen-bond donors (Lipinski definition) is 0. The van der Waals surface area contributed by atoms with Crippen LogP contribution in [0.25, 0.3) is 0 Å². The molecule has 0 spiro atoms. The minimum Gasteiger partial charge on any atom is -0.107 e. The first-order valence-corrected chi connectivity index (χ1v) is 4.44. The van der Waals surface area contributed by atoms with Gasteiger partial charge in [0.2, 0.25) is 0 Å². The van der Waals surface area contributed by atoms with Crippen LogP contribution in [0.5, 0.6) is 0 Å². The Balaban J connectivity index is 3.79. The lowest BCUT2D eigenvalue weighted by molar-refractivity contribution is 1.33. The Labute approximate surface area is 54.1 Å². The van der Waals surface area contributed by atoms with Crippen LogP contribution in [0.1, 0.15) is 20.8 Å². The van der Waals surface area contributed by atoms with Crippen LogP contribution >= 0.6 is 0 Å². The molecule has 0 nitrogen and oxygen atoms in total. The maximum Gasteiger partial charge on any atom is 0.0720 e. The summed E-state index contributed by atoms with van der Waals surface area (Å²) in [5.41, 5.74) is 3.54. The van der Waals surface area contributed by atoms with Crippen LogP contribution in [0, 0.1) is 0 Å². The fraction of sp³-hybridized carbons (Fsp3) is 0.429. The van der Waals surface area contributed by atoms with Crippen LogP contribution in [0.15, 0.2) is 23.0 Å². The molecule has 0 aliphatic heterocycles. The molecule has 0 bridgehead atoms. The molecule has 0 rings (SSSR count). The van der Waals surface area contributed by atoms with Crippen molar-refractivity contribution in [3.05, 3.63) is 23.0 Å². The molecule has 0 saturated carbocycles. The molecule has 0 heterocycles. The molecule has 0 aromatic carbocycles. The van der Waals surface area contributed by atoms with E-state index in [2.05, 4.69) is 33.0 Å². The minimum atomic E-state index is -0.0579. The highest BCUT2D eigenvalue weighted by Gasteiger charge is 1.85.